The van der Waals surface area contributed by atoms with Crippen LogP contribution in [0, 0.1) is 5.41 Å². The quantitative estimate of drug-likeness (QED) is 0.152. The third-order valence-electron chi connectivity index (χ3n) is 6.11. The number of nitrogens with two attached hydrogens (primary N) is 1. The minimum Gasteiger partial charge on any atom is -0.407 e. The summed E-state index contributed by atoms with van der Waals surface area (Å²) in [5.41, 5.74) is 11.0. The lowest BCUT2D eigenvalue weighted by Crippen LogP contribution is -2.26. The number of rotatable bonds is 6. The molecule has 35 heavy (non-hydrogen) atoms. The van der Waals surface area contributed by atoms with E-state index in [1.54, 1.807) is 15.3 Å². The van der Waals surface area contributed by atoms with Crippen molar-refractivity contribution in [2.24, 2.45) is 10.7 Å². The second-order valence-electron chi connectivity index (χ2n) is 9.08. The van der Waals surface area contributed by atoms with Gasteiger partial charge in [0.25, 0.3) is 6.02 Å². The van der Waals surface area contributed by atoms with E-state index in [1.807, 2.05) is 68.6 Å². The monoisotopic (exact) mass is 596 g/mol. The summed E-state index contributed by atoms with van der Waals surface area (Å²) in [4.78, 5) is 13.8. The molecule has 0 bridgehead atoms. The number of halogens is 1. The van der Waals surface area contributed by atoms with E-state index in [0.29, 0.717) is 11.5 Å². The molecule has 0 radical (unpaired) electrons. The predicted octanol–water partition coefficient (Wildman–Crippen LogP) is 6.41. The molecule has 0 spiro atoms. The first-order valence-electron chi connectivity index (χ1n) is 11.3. The lowest BCUT2D eigenvalue weighted by atomic mass is 9.95. The van der Waals surface area contributed by atoms with E-state index < -0.39 is 5.54 Å². The van der Waals surface area contributed by atoms with Crippen LogP contribution in [-0.4, -0.2) is 25.9 Å². The summed E-state index contributed by atoms with van der Waals surface area (Å²) in [6, 6.07) is 15.6. The molecule has 4 aromatic rings. The number of aliphatic imine (C=N–C) groups is 1. The van der Waals surface area contributed by atoms with Crippen molar-refractivity contribution >= 4 is 53.1 Å². The molecule has 0 amide bonds. The Balaban J connectivity index is 1.45. The summed E-state index contributed by atoms with van der Waals surface area (Å²) in [6.07, 6.45) is 8.07. The molecule has 0 aliphatic heterocycles. The van der Waals surface area contributed by atoms with Gasteiger partial charge in [-0.15, -0.1) is 0 Å². The highest BCUT2D eigenvalue weighted by atomic mass is 127. The highest BCUT2D eigenvalue weighted by Crippen LogP contribution is 2.40. The Morgan fingerprint density at radius 1 is 1.20 bits per heavy atom. The first-order valence-corrected chi connectivity index (χ1v) is 14.6. The maximum Gasteiger partial charge on any atom is 0.289 e. The summed E-state index contributed by atoms with van der Waals surface area (Å²) >= 11 is 2.26. The summed E-state index contributed by atoms with van der Waals surface area (Å²) < 4.78 is 7.74. The summed E-state index contributed by atoms with van der Waals surface area (Å²) in [7, 11) is 1.58. The second kappa shape index (κ2) is 9.62. The van der Waals surface area contributed by atoms with E-state index in [1.165, 1.54) is 12.8 Å². The van der Waals surface area contributed by atoms with Crippen molar-refractivity contribution in [3.05, 3.63) is 83.9 Å². The Morgan fingerprint density at radius 2 is 1.97 bits per heavy atom. The van der Waals surface area contributed by atoms with Crippen LogP contribution >= 0.6 is 30.3 Å². The molecule has 178 valence electrons. The number of fused-ring (bicyclic) bond motifs is 1. The van der Waals surface area contributed by atoms with Gasteiger partial charge in [0.05, 0.1) is 28.6 Å². The van der Waals surface area contributed by atoms with Crippen molar-refractivity contribution in [3.8, 4) is 11.3 Å². The number of aromatic nitrogens is 3. The van der Waals surface area contributed by atoms with Crippen LogP contribution in [0.15, 0.2) is 72.1 Å². The normalized spacial score (nSPS) is 14.3. The fraction of sp³-hybridized carbons (Fsp3) is 0.231. The van der Waals surface area contributed by atoms with Crippen molar-refractivity contribution in [2.45, 2.75) is 38.1 Å². The van der Waals surface area contributed by atoms with Crippen molar-refractivity contribution < 1.29 is 4.74 Å². The number of benzene rings is 2. The molecule has 1 aliphatic rings. The van der Waals surface area contributed by atoms with Gasteiger partial charge in [0.1, 0.15) is 0 Å². The van der Waals surface area contributed by atoms with E-state index in [4.69, 9.17) is 20.9 Å². The van der Waals surface area contributed by atoms with E-state index in [9.17, 15) is 0 Å². The zero-order chi connectivity index (χ0) is 24.6. The molecule has 3 N–H and O–H groups in total. The average Bonchev–Trinajstić information content (AvgIpc) is 3.65. The molecule has 2 aromatic heterocycles. The van der Waals surface area contributed by atoms with Gasteiger partial charge >= 0.3 is 0 Å². The Bertz CT molecular complexity index is 1430. The van der Waals surface area contributed by atoms with Crippen LogP contribution in [0.3, 0.4) is 0 Å². The van der Waals surface area contributed by atoms with Crippen molar-refractivity contribution in [3.63, 3.8) is 0 Å². The minimum absolute atomic E-state index is 0.0486. The van der Waals surface area contributed by atoms with Crippen LogP contribution in [-0.2, 0) is 10.3 Å². The number of hydrogen-bond acceptors (Lipinski definition) is 6. The third kappa shape index (κ3) is 5.06. The number of nitrogens with one attached hydrogen (secondary N) is 1. The van der Waals surface area contributed by atoms with E-state index in [0.717, 1.165) is 33.4 Å². The molecule has 0 saturated heterocycles. The lowest BCUT2D eigenvalue weighted by Gasteiger charge is -2.21. The van der Waals surface area contributed by atoms with Crippen LogP contribution in [0.2, 0.25) is 0 Å². The molecular formula is C26H25IN6OS. The molecule has 9 heteroatoms. The van der Waals surface area contributed by atoms with Gasteiger partial charge < -0.3 is 10.5 Å². The first kappa shape index (κ1) is 23.8. The SMILES string of the molecule is CC(C)(N=C(N)OC(=N)c1ccc2c(c1)c(-c1cncc(C3CC3)n1)cn2SI)c1ccccc1. The Kier molecular flexibility index (Phi) is 6.54. The number of ether oxygens (including phenoxy) is 1. The van der Waals surface area contributed by atoms with E-state index >= 15 is 0 Å². The van der Waals surface area contributed by atoms with Gasteiger partial charge in [0, 0.05) is 65.1 Å². The standard InChI is InChI=1S/C26H25IN6OS/c1-26(2,18-6-4-3-5-7-18)32-25(29)34-24(28)17-10-11-23-19(12-17)20(15-33(23)35-27)22-14-30-13-21(31-22)16-8-9-16/h3-7,10-16,28H,8-9H2,1-2H3,(H2,29,32). The fourth-order valence-electron chi connectivity index (χ4n) is 4.06. The highest BCUT2D eigenvalue weighted by molar-refractivity contribution is 14.2. The van der Waals surface area contributed by atoms with Gasteiger partial charge in [-0.1, -0.05) is 30.3 Å². The number of nitrogens with zero attached hydrogens (tertiary/aromatic N) is 4. The molecule has 0 unspecified atom stereocenters. The Morgan fingerprint density at radius 3 is 2.69 bits per heavy atom. The molecule has 1 saturated carbocycles. The summed E-state index contributed by atoms with van der Waals surface area (Å²) in [5.74, 6) is 0.463. The fourth-order valence-corrected chi connectivity index (χ4v) is 5.42. The van der Waals surface area contributed by atoms with Crippen molar-refractivity contribution in [1.29, 1.82) is 5.41 Å². The zero-order valence-electron chi connectivity index (χ0n) is 19.4. The van der Waals surface area contributed by atoms with Gasteiger partial charge in [-0.25, -0.2) is 9.98 Å². The maximum absolute atomic E-state index is 8.55. The van der Waals surface area contributed by atoms with E-state index in [-0.39, 0.29) is 11.9 Å². The molecule has 0 atom stereocenters. The third-order valence-corrected chi connectivity index (χ3v) is 7.83. The summed E-state index contributed by atoms with van der Waals surface area (Å²) in [6.45, 7) is 3.92. The maximum atomic E-state index is 8.55. The molecular weight excluding hydrogens is 571 g/mol. The zero-order valence-corrected chi connectivity index (χ0v) is 22.4. The first-order chi connectivity index (χ1) is 16.9. The molecule has 1 aliphatic carbocycles. The van der Waals surface area contributed by atoms with Crippen LogP contribution in [0.1, 0.15) is 49.4 Å². The minimum atomic E-state index is -0.581. The smallest absolute Gasteiger partial charge is 0.289 e. The topological polar surface area (TPSA) is 102 Å². The Labute approximate surface area is 220 Å². The largest absolute Gasteiger partial charge is 0.407 e. The number of hydrogen-bond donors (Lipinski definition) is 2. The van der Waals surface area contributed by atoms with Gasteiger partial charge in [0.15, 0.2) is 0 Å². The lowest BCUT2D eigenvalue weighted by molar-refractivity contribution is 0.486. The molecule has 2 heterocycles. The Hall–Kier alpha value is -2.92. The second-order valence-corrected chi connectivity index (χ2v) is 10.8. The van der Waals surface area contributed by atoms with Crippen LogP contribution in [0.4, 0.5) is 0 Å². The van der Waals surface area contributed by atoms with Crippen molar-refractivity contribution in [1.82, 2.24) is 13.9 Å². The molecule has 5 rings (SSSR count). The predicted molar refractivity (Wildman–Crippen MR) is 151 cm³/mol. The average molecular weight is 596 g/mol. The molecule has 1 fully saturated rings. The van der Waals surface area contributed by atoms with Crippen LogP contribution in [0.5, 0.6) is 0 Å². The van der Waals surface area contributed by atoms with Crippen molar-refractivity contribution in [2.75, 3.05) is 0 Å². The van der Waals surface area contributed by atoms with E-state index in [2.05, 4.69) is 41.4 Å². The van der Waals surface area contributed by atoms with Crippen LogP contribution in [0.25, 0.3) is 22.2 Å². The van der Waals surface area contributed by atoms with Gasteiger partial charge in [-0.05, 0) is 50.5 Å². The summed E-state index contributed by atoms with van der Waals surface area (Å²) in [5, 5.41) is 9.52. The van der Waals surface area contributed by atoms with Gasteiger partial charge in [-0.3, -0.25) is 14.4 Å². The molecule has 2 aromatic carbocycles. The molecule has 7 nitrogen and oxygen atoms in total. The van der Waals surface area contributed by atoms with Gasteiger partial charge in [-0.2, -0.15) is 0 Å². The van der Waals surface area contributed by atoms with Crippen LogP contribution < -0.4 is 5.73 Å². The number of amidine groups is 1. The highest BCUT2D eigenvalue weighted by Gasteiger charge is 2.26. The van der Waals surface area contributed by atoms with Gasteiger partial charge in [0.2, 0.25) is 5.90 Å².